The van der Waals surface area contributed by atoms with E-state index in [9.17, 15) is 9.18 Å². The van der Waals surface area contributed by atoms with Crippen molar-refractivity contribution in [1.29, 1.82) is 0 Å². The Kier molecular flexibility index (Phi) is 4.44. The van der Waals surface area contributed by atoms with Crippen molar-refractivity contribution in [2.45, 2.75) is 30.4 Å². The van der Waals surface area contributed by atoms with Gasteiger partial charge in [-0.05, 0) is 30.2 Å². The highest BCUT2D eigenvalue weighted by atomic mass is 32.2. The van der Waals surface area contributed by atoms with Crippen LogP contribution in [0.2, 0.25) is 0 Å². The summed E-state index contributed by atoms with van der Waals surface area (Å²) in [5.74, 6) is 1.03. The van der Waals surface area contributed by atoms with Crippen molar-refractivity contribution < 1.29 is 4.39 Å². The number of hydrogen-bond donors (Lipinski definition) is 2. The van der Waals surface area contributed by atoms with E-state index >= 15 is 0 Å². The van der Waals surface area contributed by atoms with Crippen LogP contribution in [0, 0.1) is 5.82 Å². The lowest BCUT2D eigenvalue weighted by molar-refractivity contribution is 0.626. The van der Waals surface area contributed by atoms with Crippen LogP contribution in [0.3, 0.4) is 0 Å². The molecule has 0 bridgehead atoms. The van der Waals surface area contributed by atoms with Gasteiger partial charge in [-0.1, -0.05) is 13.8 Å². The molecule has 1 aromatic carbocycles. The van der Waals surface area contributed by atoms with Gasteiger partial charge < -0.3 is 10.7 Å². The molecule has 1 heterocycles. The van der Waals surface area contributed by atoms with E-state index in [1.807, 2.05) is 13.8 Å². The van der Waals surface area contributed by atoms with Gasteiger partial charge in [0.25, 0.3) is 5.56 Å². The number of rotatable bonds is 4. The van der Waals surface area contributed by atoms with Crippen LogP contribution >= 0.6 is 11.8 Å². The Hall–Kier alpha value is -1.82. The van der Waals surface area contributed by atoms with E-state index in [0.29, 0.717) is 17.1 Å². The van der Waals surface area contributed by atoms with Crippen molar-refractivity contribution in [3.8, 4) is 0 Å². The number of nitrogens with one attached hydrogen (secondary N) is 1. The van der Waals surface area contributed by atoms with Crippen LogP contribution in [0.1, 0.15) is 31.2 Å². The number of aromatic nitrogens is 2. The fraction of sp³-hybridized carbons (Fsp3) is 0.286. The maximum Gasteiger partial charge on any atom is 0.256 e. The van der Waals surface area contributed by atoms with Crippen LogP contribution in [-0.2, 0) is 5.75 Å². The van der Waals surface area contributed by atoms with Crippen LogP contribution in [-0.4, -0.2) is 9.97 Å². The summed E-state index contributed by atoms with van der Waals surface area (Å²) < 4.78 is 12.8. The van der Waals surface area contributed by atoms with E-state index in [-0.39, 0.29) is 23.1 Å². The summed E-state index contributed by atoms with van der Waals surface area (Å²) in [5, 5.41) is 0. The van der Waals surface area contributed by atoms with E-state index in [4.69, 9.17) is 5.73 Å². The summed E-state index contributed by atoms with van der Waals surface area (Å²) >= 11 is 1.46. The number of thioether (sulfide) groups is 1. The molecule has 0 aliphatic rings. The number of aromatic amines is 1. The molecule has 4 nitrogen and oxygen atoms in total. The molecule has 0 saturated heterocycles. The van der Waals surface area contributed by atoms with Gasteiger partial charge in [0.15, 0.2) is 0 Å². The molecule has 3 N–H and O–H groups in total. The Morgan fingerprint density at radius 1 is 1.35 bits per heavy atom. The van der Waals surface area contributed by atoms with Gasteiger partial charge in [-0.2, -0.15) is 0 Å². The van der Waals surface area contributed by atoms with Crippen molar-refractivity contribution in [3.05, 3.63) is 51.8 Å². The van der Waals surface area contributed by atoms with Crippen LogP contribution in [0.15, 0.2) is 34.0 Å². The average molecular weight is 293 g/mol. The predicted octanol–water partition coefficient (Wildman–Crippen LogP) is 2.91. The highest BCUT2D eigenvalue weighted by Crippen LogP contribution is 2.22. The van der Waals surface area contributed by atoms with Crippen molar-refractivity contribution in [2.24, 2.45) is 0 Å². The van der Waals surface area contributed by atoms with Gasteiger partial charge in [0, 0.05) is 4.90 Å². The monoisotopic (exact) mass is 293 g/mol. The third kappa shape index (κ3) is 3.39. The molecule has 0 atom stereocenters. The average Bonchev–Trinajstić information content (AvgIpc) is 2.37. The largest absolute Gasteiger partial charge is 0.383 e. The zero-order valence-electron chi connectivity index (χ0n) is 11.3. The number of nitrogens with two attached hydrogens (primary N) is 1. The number of H-pyrrole nitrogens is 1. The van der Waals surface area contributed by atoms with Gasteiger partial charge in [-0.15, -0.1) is 11.8 Å². The van der Waals surface area contributed by atoms with E-state index in [1.165, 1.54) is 23.9 Å². The minimum Gasteiger partial charge on any atom is -0.383 e. The number of benzene rings is 1. The van der Waals surface area contributed by atoms with Crippen LogP contribution in [0.25, 0.3) is 0 Å². The predicted molar refractivity (Wildman–Crippen MR) is 79.3 cm³/mol. The number of anilines is 1. The van der Waals surface area contributed by atoms with Gasteiger partial charge in [-0.25, -0.2) is 9.37 Å². The molecule has 0 spiro atoms. The SMILES string of the molecule is CC(C)c1c(N)nc(CSc2ccc(F)cc2)[nH]c1=O. The maximum absolute atomic E-state index is 12.8. The molecule has 6 heteroatoms. The van der Waals surface area contributed by atoms with Gasteiger partial charge in [0.05, 0.1) is 11.3 Å². The number of halogens is 1. The molecule has 106 valence electrons. The highest BCUT2D eigenvalue weighted by molar-refractivity contribution is 7.98. The molecule has 20 heavy (non-hydrogen) atoms. The lowest BCUT2D eigenvalue weighted by atomic mass is 10.1. The Morgan fingerprint density at radius 3 is 2.55 bits per heavy atom. The van der Waals surface area contributed by atoms with Crippen molar-refractivity contribution in [2.75, 3.05) is 5.73 Å². The third-order valence-electron chi connectivity index (χ3n) is 2.80. The first-order valence-electron chi connectivity index (χ1n) is 6.24. The Balaban J connectivity index is 2.15. The molecule has 2 aromatic rings. The molecule has 0 aliphatic carbocycles. The summed E-state index contributed by atoms with van der Waals surface area (Å²) in [6.07, 6.45) is 0. The second-order valence-electron chi connectivity index (χ2n) is 4.71. The molecular weight excluding hydrogens is 277 g/mol. The van der Waals surface area contributed by atoms with Gasteiger partial charge >= 0.3 is 0 Å². The number of hydrogen-bond acceptors (Lipinski definition) is 4. The summed E-state index contributed by atoms with van der Waals surface area (Å²) in [5.41, 5.74) is 6.14. The lowest BCUT2D eigenvalue weighted by Crippen LogP contribution is -2.20. The van der Waals surface area contributed by atoms with Crippen LogP contribution < -0.4 is 11.3 Å². The molecule has 0 fully saturated rings. The second-order valence-corrected chi connectivity index (χ2v) is 5.76. The number of nitrogen functional groups attached to an aromatic ring is 1. The molecular formula is C14H16FN3OS. The normalized spacial score (nSPS) is 11.0. The van der Waals surface area contributed by atoms with Crippen molar-refractivity contribution in [1.82, 2.24) is 9.97 Å². The summed E-state index contributed by atoms with van der Waals surface area (Å²) in [4.78, 5) is 19.8. The zero-order valence-corrected chi connectivity index (χ0v) is 12.1. The second kappa shape index (κ2) is 6.09. The van der Waals surface area contributed by atoms with Gasteiger partial charge in [0.1, 0.15) is 17.5 Å². The first-order chi connectivity index (χ1) is 9.47. The van der Waals surface area contributed by atoms with Crippen LogP contribution in [0.5, 0.6) is 0 Å². The molecule has 0 aliphatic heterocycles. The van der Waals surface area contributed by atoms with Crippen LogP contribution in [0.4, 0.5) is 10.2 Å². The summed E-state index contributed by atoms with van der Waals surface area (Å²) in [7, 11) is 0. The summed E-state index contributed by atoms with van der Waals surface area (Å²) in [6.45, 7) is 3.80. The third-order valence-corrected chi connectivity index (χ3v) is 3.82. The van der Waals surface area contributed by atoms with E-state index in [2.05, 4.69) is 9.97 Å². The van der Waals surface area contributed by atoms with Crippen molar-refractivity contribution in [3.63, 3.8) is 0 Å². The Morgan fingerprint density at radius 2 is 2.00 bits per heavy atom. The fourth-order valence-corrected chi connectivity index (χ4v) is 2.63. The van der Waals surface area contributed by atoms with Gasteiger partial charge in [-0.3, -0.25) is 4.79 Å². The topological polar surface area (TPSA) is 71.8 Å². The zero-order chi connectivity index (χ0) is 14.7. The fourth-order valence-electron chi connectivity index (χ4n) is 1.86. The molecule has 2 rings (SSSR count). The standard InChI is InChI=1S/C14H16FN3OS/c1-8(2)12-13(16)17-11(18-14(12)19)7-20-10-5-3-9(15)4-6-10/h3-6,8H,7H2,1-2H3,(H3,16,17,18,19). The Bertz CT molecular complexity index is 652. The molecule has 0 amide bonds. The van der Waals surface area contributed by atoms with E-state index in [0.717, 1.165) is 4.90 Å². The van der Waals surface area contributed by atoms with E-state index in [1.54, 1.807) is 12.1 Å². The van der Waals surface area contributed by atoms with Crippen molar-refractivity contribution >= 4 is 17.6 Å². The van der Waals surface area contributed by atoms with E-state index < -0.39 is 0 Å². The number of nitrogens with zero attached hydrogens (tertiary/aromatic N) is 1. The molecule has 0 saturated carbocycles. The smallest absolute Gasteiger partial charge is 0.256 e. The molecule has 0 unspecified atom stereocenters. The first-order valence-corrected chi connectivity index (χ1v) is 7.23. The highest BCUT2D eigenvalue weighted by Gasteiger charge is 2.12. The van der Waals surface area contributed by atoms with Gasteiger partial charge in [0.2, 0.25) is 0 Å². The molecule has 0 radical (unpaired) electrons. The quantitative estimate of drug-likeness (QED) is 0.850. The minimum atomic E-state index is -0.272. The summed E-state index contributed by atoms with van der Waals surface area (Å²) in [6, 6.07) is 6.16. The Labute approximate surface area is 120 Å². The molecule has 1 aromatic heterocycles. The first kappa shape index (κ1) is 14.6. The maximum atomic E-state index is 12.8. The minimum absolute atomic E-state index is 0.0325. The lowest BCUT2D eigenvalue weighted by Gasteiger charge is -2.09.